The quantitative estimate of drug-likeness (QED) is 0.683. The smallest absolute Gasteiger partial charge is 0.234 e. The van der Waals surface area contributed by atoms with E-state index < -0.39 is 5.82 Å². The first-order chi connectivity index (χ1) is 13.4. The normalized spacial score (nSPS) is 14.5. The summed E-state index contributed by atoms with van der Waals surface area (Å²) in [6.45, 7) is 7.87. The van der Waals surface area contributed by atoms with Gasteiger partial charge in [-0.05, 0) is 24.1 Å². The molecule has 3 rings (SSSR count). The molecule has 1 saturated heterocycles. The molecule has 1 aliphatic rings. The third kappa shape index (κ3) is 5.36. The molecule has 1 amide bonds. The first-order valence-electron chi connectivity index (χ1n) is 9.07. The minimum absolute atomic E-state index is 0.146. The highest BCUT2D eigenvalue weighted by Gasteiger charge is 2.21. The highest BCUT2D eigenvalue weighted by Crippen LogP contribution is 2.26. The van der Waals surface area contributed by atoms with Crippen LogP contribution in [-0.4, -0.2) is 52.7 Å². The third-order valence-electron chi connectivity index (χ3n) is 4.08. The SMILES string of the molecule is CC(C)Cn1c(SCC(=O)Nc2ccc(F)cc2Cl)nnc1N1CCOCC1. The van der Waals surface area contributed by atoms with Crippen LogP contribution in [0.1, 0.15) is 13.8 Å². The van der Waals surface area contributed by atoms with E-state index in [2.05, 4.69) is 38.8 Å². The van der Waals surface area contributed by atoms with Gasteiger partial charge in [0.05, 0.1) is 29.7 Å². The molecule has 2 heterocycles. The van der Waals surface area contributed by atoms with Crippen molar-refractivity contribution in [2.45, 2.75) is 25.5 Å². The number of thioether (sulfide) groups is 1. The predicted molar refractivity (Wildman–Crippen MR) is 109 cm³/mol. The number of amides is 1. The number of hydrogen-bond acceptors (Lipinski definition) is 6. The number of aromatic nitrogens is 3. The molecule has 1 aromatic heterocycles. The maximum Gasteiger partial charge on any atom is 0.234 e. The van der Waals surface area contributed by atoms with Crippen molar-refractivity contribution in [2.75, 3.05) is 42.3 Å². The largest absolute Gasteiger partial charge is 0.378 e. The average Bonchev–Trinajstić information content (AvgIpc) is 3.05. The van der Waals surface area contributed by atoms with Gasteiger partial charge in [-0.25, -0.2) is 4.39 Å². The van der Waals surface area contributed by atoms with Crippen molar-refractivity contribution in [2.24, 2.45) is 5.92 Å². The van der Waals surface area contributed by atoms with Crippen LogP contribution in [0.2, 0.25) is 5.02 Å². The van der Waals surface area contributed by atoms with Gasteiger partial charge >= 0.3 is 0 Å². The molecule has 1 N–H and O–H groups in total. The monoisotopic (exact) mass is 427 g/mol. The van der Waals surface area contributed by atoms with Crippen molar-refractivity contribution in [3.63, 3.8) is 0 Å². The zero-order chi connectivity index (χ0) is 20.1. The topological polar surface area (TPSA) is 72.3 Å². The fraction of sp³-hybridized carbons (Fsp3) is 0.500. The molecule has 0 saturated carbocycles. The van der Waals surface area contributed by atoms with E-state index >= 15 is 0 Å². The van der Waals surface area contributed by atoms with Crippen molar-refractivity contribution >= 4 is 40.9 Å². The number of benzene rings is 1. The fourth-order valence-corrected chi connectivity index (χ4v) is 3.77. The van der Waals surface area contributed by atoms with Gasteiger partial charge in [-0.2, -0.15) is 0 Å². The Morgan fingerprint density at radius 1 is 1.36 bits per heavy atom. The van der Waals surface area contributed by atoms with Crippen LogP contribution in [0, 0.1) is 11.7 Å². The lowest BCUT2D eigenvalue weighted by Gasteiger charge is -2.28. The number of halogens is 2. The molecule has 152 valence electrons. The maximum atomic E-state index is 13.1. The van der Waals surface area contributed by atoms with Crippen molar-refractivity contribution in [1.82, 2.24) is 14.8 Å². The second-order valence-electron chi connectivity index (χ2n) is 6.85. The summed E-state index contributed by atoms with van der Waals surface area (Å²) in [6, 6.07) is 3.86. The molecular formula is C18H23ClFN5O2S. The van der Waals surface area contributed by atoms with E-state index in [1.807, 2.05) is 0 Å². The molecule has 0 spiro atoms. The van der Waals surface area contributed by atoms with Gasteiger partial charge in [-0.15, -0.1) is 10.2 Å². The highest BCUT2D eigenvalue weighted by atomic mass is 35.5. The average molecular weight is 428 g/mol. The second kappa shape index (κ2) is 9.58. The molecule has 0 bridgehead atoms. The van der Waals surface area contributed by atoms with Gasteiger partial charge in [0.1, 0.15) is 5.82 Å². The minimum atomic E-state index is -0.449. The molecule has 2 aromatic rings. The van der Waals surface area contributed by atoms with Gasteiger partial charge in [0.15, 0.2) is 5.16 Å². The van der Waals surface area contributed by atoms with Gasteiger partial charge in [-0.3, -0.25) is 9.36 Å². The van der Waals surface area contributed by atoms with E-state index in [1.165, 1.54) is 23.9 Å². The van der Waals surface area contributed by atoms with Crippen molar-refractivity contribution in [3.05, 3.63) is 29.0 Å². The fourth-order valence-electron chi connectivity index (χ4n) is 2.82. The molecule has 0 unspecified atom stereocenters. The predicted octanol–water partition coefficient (Wildman–Crippen LogP) is 3.29. The molecule has 10 heteroatoms. The van der Waals surface area contributed by atoms with Crippen LogP contribution < -0.4 is 10.2 Å². The summed E-state index contributed by atoms with van der Waals surface area (Å²) in [5, 5.41) is 12.2. The first kappa shape index (κ1) is 20.9. The molecule has 0 aliphatic carbocycles. The standard InChI is InChI=1S/C18H23ClFN5O2S/c1-12(2)10-25-17(24-5-7-27-8-6-24)22-23-18(25)28-11-16(26)21-15-4-3-13(20)9-14(15)19/h3-4,9,12H,5-8,10-11H2,1-2H3,(H,21,26). The summed E-state index contributed by atoms with van der Waals surface area (Å²) >= 11 is 7.27. The Morgan fingerprint density at radius 2 is 2.11 bits per heavy atom. The van der Waals surface area contributed by atoms with Crippen molar-refractivity contribution in [1.29, 1.82) is 0 Å². The molecule has 1 aromatic carbocycles. The van der Waals surface area contributed by atoms with E-state index in [1.54, 1.807) is 0 Å². The summed E-state index contributed by atoms with van der Waals surface area (Å²) in [5.41, 5.74) is 0.381. The van der Waals surface area contributed by atoms with Crippen LogP contribution in [0.15, 0.2) is 23.4 Å². The Kier molecular flexibility index (Phi) is 7.14. The highest BCUT2D eigenvalue weighted by molar-refractivity contribution is 7.99. The van der Waals surface area contributed by atoms with Gasteiger partial charge in [-0.1, -0.05) is 37.2 Å². The van der Waals surface area contributed by atoms with E-state index in [9.17, 15) is 9.18 Å². The van der Waals surface area contributed by atoms with Crippen molar-refractivity contribution in [3.8, 4) is 0 Å². The van der Waals surface area contributed by atoms with Crippen LogP contribution in [0.5, 0.6) is 0 Å². The van der Waals surface area contributed by atoms with Crippen LogP contribution in [0.4, 0.5) is 16.0 Å². The third-order valence-corrected chi connectivity index (χ3v) is 5.36. The van der Waals surface area contributed by atoms with E-state index in [0.717, 1.165) is 31.6 Å². The number of nitrogens with zero attached hydrogens (tertiary/aromatic N) is 4. The number of carbonyl (C=O) groups is 1. The molecule has 0 atom stereocenters. The van der Waals surface area contributed by atoms with Gasteiger partial charge in [0, 0.05) is 19.6 Å². The number of carbonyl (C=O) groups excluding carboxylic acids is 1. The van der Waals surface area contributed by atoms with E-state index in [4.69, 9.17) is 16.3 Å². The lowest BCUT2D eigenvalue weighted by Crippen LogP contribution is -2.38. The minimum Gasteiger partial charge on any atom is -0.378 e. The molecule has 28 heavy (non-hydrogen) atoms. The number of anilines is 2. The summed E-state index contributed by atoms with van der Waals surface area (Å²) in [4.78, 5) is 14.5. The summed E-state index contributed by atoms with van der Waals surface area (Å²) < 4.78 is 20.6. The summed E-state index contributed by atoms with van der Waals surface area (Å²) in [7, 11) is 0. The zero-order valence-electron chi connectivity index (χ0n) is 15.8. The van der Waals surface area contributed by atoms with E-state index in [-0.39, 0.29) is 16.7 Å². The Hall–Kier alpha value is -1.84. The van der Waals surface area contributed by atoms with Crippen LogP contribution in [-0.2, 0) is 16.1 Å². The first-order valence-corrected chi connectivity index (χ1v) is 10.4. The molecule has 1 fully saturated rings. The number of nitrogens with one attached hydrogen (secondary N) is 1. The second-order valence-corrected chi connectivity index (χ2v) is 8.20. The number of hydrogen-bond donors (Lipinski definition) is 1. The maximum absolute atomic E-state index is 13.1. The molecular weight excluding hydrogens is 405 g/mol. The van der Waals surface area contributed by atoms with Gasteiger partial charge in [0.2, 0.25) is 11.9 Å². The number of morpholine rings is 1. The Balaban J connectivity index is 1.67. The number of rotatable bonds is 7. The van der Waals surface area contributed by atoms with E-state index in [0.29, 0.717) is 30.0 Å². The molecule has 1 aliphatic heterocycles. The summed E-state index contributed by atoms with van der Waals surface area (Å²) in [5.74, 6) is 0.663. The van der Waals surface area contributed by atoms with Crippen LogP contribution in [0.3, 0.4) is 0 Å². The van der Waals surface area contributed by atoms with Gasteiger partial charge in [0.25, 0.3) is 0 Å². The zero-order valence-corrected chi connectivity index (χ0v) is 17.4. The number of ether oxygens (including phenoxy) is 1. The molecule has 0 radical (unpaired) electrons. The molecule has 7 nitrogen and oxygen atoms in total. The van der Waals surface area contributed by atoms with Crippen LogP contribution >= 0.6 is 23.4 Å². The Labute approximate surface area is 172 Å². The summed E-state index contributed by atoms with van der Waals surface area (Å²) in [6.07, 6.45) is 0. The van der Waals surface area contributed by atoms with Crippen molar-refractivity contribution < 1.29 is 13.9 Å². The van der Waals surface area contributed by atoms with Crippen LogP contribution in [0.25, 0.3) is 0 Å². The van der Waals surface area contributed by atoms with Gasteiger partial charge < -0.3 is 15.0 Å². The Morgan fingerprint density at radius 3 is 2.79 bits per heavy atom. The Bertz CT molecular complexity index is 826. The lowest BCUT2D eigenvalue weighted by atomic mass is 10.2. The lowest BCUT2D eigenvalue weighted by molar-refractivity contribution is -0.113.